The van der Waals surface area contributed by atoms with Crippen LogP contribution in [-0.2, 0) is 0 Å². The molecule has 0 spiro atoms. The Hall–Kier alpha value is -9.58. The first-order chi connectivity index (χ1) is 38.7. The maximum absolute atomic E-state index is 2.51. The minimum Gasteiger partial charge on any atom is -0.311 e. The molecule has 11 aromatic carbocycles. The highest BCUT2D eigenvalue weighted by atomic mass is 32.1. The highest BCUT2D eigenvalue weighted by Crippen LogP contribution is 2.48. The second kappa shape index (κ2) is 20.5. The van der Waals surface area contributed by atoms with Crippen molar-refractivity contribution in [1.82, 2.24) is 4.57 Å². The van der Waals surface area contributed by atoms with Gasteiger partial charge in [0.05, 0.1) is 11.2 Å². The lowest BCUT2D eigenvalue weighted by molar-refractivity contribution is 1.14. The van der Waals surface area contributed by atoms with Crippen molar-refractivity contribution >= 4 is 61.4 Å². The molecule has 0 aliphatic carbocycles. The number of anilines is 3. The first-order valence-electron chi connectivity index (χ1n) is 26.5. The molecule has 0 atom stereocenters. The van der Waals surface area contributed by atoms with E-state index in [1.807, 2.05) is 22.7 Å². The number of thiophene rings is 2. The van der Waals surface area contributed by atoms with Crippen LogP contribution in [0.1, 0.15) is 0 Å². The molecule has 14 rings (SSSR count). The fourth-order valence-electron chi connectivity index (χ4n) is 11.1. The lowest BCUT2D eigenvalue weighted by atomic mass is 9.92. The van der Waals surface area contributed by atoms with Crippen LogP contribution in [0.5, 0.6) is 0 Å². The average molecular weight is 1030 g/mol. The third-order valence-corrected chi connectivity index (χ3v) is 17.3. The molecule has 3 aromatic heterocycles. The Bertz CT molecular complexity index is 4230. The quantitative estimate of drug-likeness (QED) is 0.118. The first-order valence-corrected chi connectivity index (χ1v) is 28.1. The van der Waals surface area contributed by atoms with Crippen LogP contribution < -0.4 is 4.90 Å². The zero-order valence-electron chi connectivity index (χ0n) is 42.6. The number of aromatic nitrogens is 1. The van der Waals surface area contributed by atoms with E-state index in [1.165, 1.54) is 96.9 Å². The van der Waals surface area contributed by atoms with Gasteiger partial charge in [-0.25, -0.2) is 0 Å². The van der Waals surface area contributed by atoms with Gasteiger partial charge in [0.2, 0.25) is 0 Å². The number of rotatable bonds is 12. The van der Waals surface area contributed by atoms with Crippen molar-refractivity contribution in [1.29, 1.82) is 0 Å². The van der Waals surface area contributed by atoms with Crippen molar-refractivity contribution in [3.63, 3.8) is 0 Å². The van der Waals surface area contributed by atoms with E-state index in [-0.39, 0.29) is 0 Å². The molecule has 0 bridgehead atoms. The van der Waals surface area contributed by atoms with Gasteiger partial charge in [0.15, 0.2) is 0 Å². The van der Waals surface area contributed by atoms with E-state index >= 15 is 0 Å². The minimum absolute atomic E-state index is 1.08. The van der Waals surface area contributed by atoms with Crippen molar-refractivity contribution in [2.75, 3.05) is 4.90 Å². The topological polar surface area (TPSA) is 8.17 Å². The van der Waals surface area contributed by atoms with Gasteiger partial charge in [-0.1, -0.05) is 224 Å². The molecular formula is C74H50N2S2. The predicted molar refractivity (Wildman–Crippen MR) is 335 cm³/mol. The number of hydrogen-bond acceptors (Lipinski definition) is 3. The van der Waals surface area contributed by atoms with E-state index in [0.29, 0.717) is 0 Å². The fourth-order valence-corrected chi connectivity index (χ4v) is 13.2. The molecule has 4 heteroatoms. The van der Waals surface area contributed by atoms with Crippen molar-refractivity contribution in [3.8, 4) is 92.1 Å². The largest absolute Gasteiger partial charge is 0.311 e. The molecule has 0 aliphatic rings. The lowest BCUT2D eigenvalue weighted by Gasteiger charge is -2.26. The summed E-state index contributed by atoms with van der Waals surface area (Å²) in [7, 11) is 0. The monoisotopic (exact) mass is 1030 g/mol. The van der Waals surface area contributed by atoms with Gasteiger partial charge in [-0.05, 0) is 140 Å². The molecule has 0 radical (unpaired) electrons. The molecule has 0 fully saturated rings. The van der Waals surface area contributed by atoms with E-state index in [0.717, 1.165) is 33.9 Å². The highest BCUT2D eigenvalue weighted by Gasteiger charge is 2.25. The van der Waals surface area contributed by atoms with Gasteiger partial charge in [-0.15, -0.1) is 22.7 Å². The van der Waals surface area contributed by atoms with Gasteiger partial charge in [0, 0.05) is 58.6 Å². The summed E-state index contributed by atoms with van der Waals surface area (Å²) in [5.74, 6) is 0. The van der Waals surface area contributed by atoms with Gasteiger partial charge in [-0.2, -0.15) is 0 Å². The van der Waals surface area contributed by atoms with Crippen LogP contribution in [0, 0.1) is 0 Å². The summed E-state index contributed by atoms with van der Waals surface area (Å²) in [4.78, 5) is 7.42. The Morgan fingerprint density at radius 1 is 0.256 bits per heavy atom. The van der Waals surface area contributed by atoms with Crippen LogP contribution in [0.2, 0.25) is 0 Å². The molecule has 0 unspecified atom stereocenters. The average Bonchev–Trinajstić information content (AvgIpc) is 4.47. The maximum Gasteiger partial charge on any atom is 0.0620 e. The Morgan fingerprint density at radius 3 is 1.06 bits per heavy atom. The molecule has 0 aliphatic heterocycles. The third-order valence-electron chi connectivity index (χ3n) is 14.9. The minimum atomic E-state index is 1.08. The summed E-state index contributed by atoms with van der Waals surface area (Å²) in [6.45, 7) is 0. The SMILES string of the molecule is c1ccc(-c2ccc(-n3c(-c4ccccc4)c(-c4ccccc4)c4cc(-c5ccc(N(c6ccc(-c7ccc(-c8ccccc8)s7)cc6)c6ccc(-c7ccc(-c8ccccc8)s7)cc6)cc5)c5ccccc5c43)cc2)cc1. The van der Waals surface area contributed by atoms with E-state index in [9.17, 15) is 0 Å². The van der Waals surface area contributed by atoms with Crippen LogP contribution in [0.25, 0.3) is 114 Å². The summed E-state index contributed by atoms with van der Waals surface area (Å²) in [6, 6.07) is 111. The van der Waals surface area contributed by atoms with Crippen LogP contribution in [0.3, 0.4) is 0 Å². The molecule has 0 N–H and O–H groups in total. The van der Waals surface area contributed by atoms with Crippen LogP contribution in [0.15, 0.2) is 303 Å². The fraction of sp³-hybridized carbons (Fsp3) is 0. The summed E-state index contributed by atoms with van der Waals surface area (Å²) in [5, 5.41) is 3.60. The molecule has 0 saturated carbocycles. The van der Waals surface area contributed by atoms with Crippen LogP contribution in [-0.4, -0.2) is 4.57 Å². The summed E-state index contributed by atoms with van der Waals surface area (Å²) >= 11 is 3.66. The number of fused-ring (bicyclic) bond motifs is 3. The van der Waals surface area contributed by atoms with Crippen molar-refractivity contribution in [2.45, 2.75) is 0 Å². The third kappa shape index (κ3) is 8.83. The van der Waals surface area contributed by atoms with Gasteiger partial charge in [-0.3, -0.25) is 0 Å². The summed E-state index contributed by atoms with van der Waals surface area (Å²) < 4.78 is 2.51. The van der Waals surface area contributed by atoms with E-state index in [1.54, 1.807) is 0 Å². The Morgan fingerprint density at radius 2 is 0.603 bits per heavy atom. The molecule has 14 aromatic rings. The standard InChI is InChI=1S/C74H50N2S2/c1-6-18-51(19-7-1)52-30-38-63(39-31-52)76-73(59-26-14-5-15-27-59)72(58-24-12-4-13-25-58)67-50-66(64-28-16-17-29-65(64)74(67)76)53-32-40-60(41-33-53)75(61-42-34-56(35-43-61)70-48-46-68(77-70)54-20-8-2-9-21-54)62-44-36-57(37-45-62)71-49-47-69(78-71)55-22-10-3-11-23-55/h1-50H. The summed E-state index contributed by atoms with van der Waals surface area (Å²) in [6.07, 6.45) is 0. The molecule has 2 nitrogen and oxygen atoms in total. The van der Waals surface area contributed by atoms with Crippen molar-refractivity contribution in [2.24, 2.45) is 0 Å². The Kier molecular flexibility index (Phi) is 12.3. The first kappa shape index (κ1) is 46.9. The molecule has 3 heterocycles. The van der Waals surface area contributed by atoms with E-state index in [4.69, 9.17) is 0 Å². The number of benzene rings is 11. The second-order valence-electron chi connectivity index (χ2n) is 19.6. The summed E-state index contributed by atoms with van der Waals surface area (Å²) in [5.41, 5.74) is 19.9. The number of hydrogen-bond donors (Lipinski definition) is 0. The Labute approximate surface area is 463 Å². The predicted octanol–water partition coefficient (Wildman–Crippen LogP) is 21.7. The zero-order valence-corrected chi connectivity index (χ0v) is 44.2. The van der Waals surface area contributed by atoms with Crippen LogP contribution >= 0.6 is 22.7 Å². The molecule has 78 heavy (non-hydrogen) atoms. The normalized spacial score (nSPS) is 11.3. The maximum atomic E-state index is 2.51. The highest BCUT2D eigenvalue weighted by molar-refractivity contribution is 7.19. The van der Waals surface area contributed by atoms with E-state index in [2.05, 4.69) is 313 Å². The smallest absolute Gasteiger partial charge is 0.0620 e. The molecule has 0 saturated heterocycles. The molecular weight excluding hydrogens is 981 g/mol. The molecule has 368 valence electrons. The van der Waals surface area contributed by atoms with Crippen molar-refractivity contribution in [3.05, 3.63) is 303 Å². The lowest BCUT2D eigenvalue weighted by Crippen LogP contribution is -2.09. The van der Waals surface area contributed by atoms with Gasteiger partial charge in [0.1, 0.15) is 0 Å². The van der Waals surface area contributed by atoms with Gasteiger partial charge >= 0.3 is 0 Å². The van der Waals surface area contributed by atoms with Gasteiger partial charge in [0.25, 0.3) is 0 Å². The second-order valence-corrected chi connectivity index (χ2v) is 21.8. The van der Waals surface area contributed by atoms with E-state index < -0.39 is 0 Å². The van der Waals surface area contributed by atoms with Crippen molar-refractivity contribution < 1.29 is 0 Å². The van der Waals surface area contributed by atoms with Crippen LogP contribution in [0.4, 0.5) is 17.1 Å². The zero-order chi connectivity index (χ0) is 51.8. The Balaban J connectivity index is 0.896. The number of nitrogens with zero attached hydrogens (tertiary/aromatic N) is 2. The van der Waals surface area contributed by atoms with Gasteiger partial charge < -0.3 is 9.47 Å². The molecule has 0 amide bonds.